The molecule has 190 valence electrons. The Kier molecular flexibility index (Phi) is 5.28. The van der Waals surface area contributed by atoms with E-state index in [2.05, 4.69) is 6.07 Å². The molecule has 2 bridgehead atoms. The van der Waals surface area contributed by atoms with E-state index in [-0.39, 0.29) is 9.80 Å². The lowest BCUT2D eigenvalue weighted by molar-refractivity contribution is -0.0217. The van der Waals surface area contributed by atoms with Crippen molar-refractivity contribution in [2.75, 3.05) is 0 Å². The molecule has 3 nitrogen and oxygen atoms in total. The molecule has 4 heteroatoms. The molecule has 2 aliphatic heterocycles. The normalized spacial score (nSPS) is 21.7. The summed E-state index contributed by atoms with van der Waals surface area (Å²) in [5.41, 5.74) is 3.52. The zero-order valence-corrected chi connectivity index (χ0v) is 22.2. The quantitative estimate of drug-likeness (QED) is 0.239. The highest BCUT2D eigenvalue weighted by Gasteiger charge is 2.68. The van der Waals surface area contributed by atoms with E-state index in [1.165, 1.54) is 0 Å². The van der Waals surface area contributed by atoms with Gasteiger partial charge in [0.25, 0.3) is 0 Å². The summed E-state index contributed by atoms with van der Waals surface area (Å²) in [6.45, 7) is 1.96. The van der Waals surface area contributed by atoms with Crippen LogP contribution in [0.15, 0.2) is 149 Å². The SMILES string of the molecule is Cc1ccc(S(=O)(=O)C2=C(c3ccccc3)C3(c4ccccc4)OC2(c2ccccc2)c2ccccc23)cc1. The molecule has 39 heavy (non-hydrogen) atoms. The fourth-order valence-corrected chi connectivity index (χ4v) is 8.18. The van der Waals surface area contributed by atoms with Crippen molar-refractivity contribution in [3.63, 3.8) is 0 Å². The van der Waals surface area contributed by atoms with E-state index < -0.39 is 21.0 Å². The Morgan fingerprint density at radius 3 is 1.56 bits per heavy atom. The fraction of sp³-hybridized carbons (Fsp3) is 0.0857. The molecule has 2 atom stereocenters. The first-order chi connectivity index (χ1) is 19.0. The Labute approximate surface area is 229 Å². The minimum Gasteiger partial charge on any atom is -0.339 e. The molecule has 0 saturated heterocycles. The summed E-state index contributed by atoms with van der Waals surface area (Å²) in [4.78, 5) is 0.530. The zero-order chi connectivity index (χ0) is 26.7. The lowest BCUT2D eigenvalue weighted by Gasteiger charge is -2.32. The molecule has 2 unspecified atom stereocenters. The Morgan fingerprint density at radius 1 is 0.538 bits per heavy atom. The van der Waals surface area contributed by atoms with Crippen molar-refractivity contribution in [3.8, 4) is 0 Å². The first kappa shape index (κ1) is 23.8. The first-order valence-corrected chi connectivity index (χ1v) is 14.5. The Morgan fingerprint density at radius 2 is 1.00 bits per heavy atom. The summed E-state index contributed by atoms with van der Waals surface area (Å²) in [5, 5.41) is 0. The Balaban J connectivity index is 1.70. The summed E-state index contributed by atoms with van der Waals surface area (Å²) in [7, 11) is -4.02. The second kappa shape index (κ2) is 8.63. The summed E-state index contributed by atoms with van der Waals surface area (Å²) < 4.78 is 37.2. The van der Waals surface area contributed by atoms with Crippen LogP contribution in [0.1, 0.15) is 33.4 Å². The maximum Gasteiger partial charge on any atom is 0.206 e. The highest BCUT2D eigenvalue weighted by atomic mass is 32.2. The van der Waals surface area contributed by atoms with E-state index in [0.717, 1.165) is 33.4 Å². The second-order valence-corrected chi connectivity index (χ2v) is 12.0. The van der Waals surface area contributed by atoms with E-state index in [0.29, 0.717) is 5.57 Å². The van der Waals surface area contributed by atoms with Gasteiger partial charge in [0.2, 0.25) is 9.84 Å². The van der Waals surface area contributed by atoms with E-state index >= 15 is 0 Å². The van der Waals surface area contributed by atoms with Gasteiger partial charge in [-0.2, -0.15) is 0 Å². The molecule has 0 aromatic heterocycles. The van der Waals surface area contributed by atoms with Gasteiger partial charge in [-0.25, -0.2) is 8.42 Å². The molecule has 0 amide bonds. The number of fused-ring (bicyclic) bond motifs is 5. The predicted molar refractivity (Wildman–Crippen MR) is 154 cm³/mol. The highest BCUT2D eigenvalue weighted by molar-refractivity contribution is 7.95. The molecule has 0 aliphatic carbocycles. The summed E-state index contributed by atoms with van der Waals surface area (Å²) in [6, 6.07) is 44.7. The molecule has 2 heterocycles. The zero-order valence-electron chi connectivity index (χ0n) is 21.4. The lowest BCUT2D eigenvalue weighted by Crippen LogP contribution is -2.32. The van der Waals surface area contributed by atoms with Crippen LogP contribution in [-0.2, 0) is 25.8 Å². The van der Waals surface area contributed by atoms with Crippen LogP contribution in [0.4, 0.5) is 0 Å². The largest absolute Gasteiger partial charge is 0.339 e. The molecule has 0 fully saturated rings. The predicted octanol–water partition coefficient (Wildman–Crippen LogP) is 7.41. The van der Waals surface area contributed by atoms with Gasteiger partial charge in [0.1, 0.15) is 5.60 Å². The third kappa shape index (κ3) is 3.22. The highest BCUT2D eigenvalue weighted by Crippen LogP contribution is 2.69. The molecule has 2 aliphatic rings. The Bertz CT molecular complexity index is 1830. The van der Waals surface area contributed by atoms with Crippen LogP contribution in [0.25, 0.3) is 5.57 Å². The standard InChI is InChI=1S/C35H26O3S/c1-25-21-23-29(24-22-25)39(36,37)33-32(26-13-5-2-6-14-26)34(27-15-7-3-8-16-27)30-19-11-12-20-31(30)35(33,38-34)28-17-9-4-10-18-28/h2-24H,1H3. The van der Waals surface area contributed by atoms with Gasteiger partial charge in [-0.3, -0.25) is 0 Å². The van der Waals surface area contributed by atoms with E-state index in [4.69, 9.17) is 4.74 Å². The average molecular weight is 527 g/mol. The molecule has 0 saturated carbocycles. The number of aryl methyl sites for hydroxylation is 1. The van der Waals surface area contributed by atoms with Gasteiger partial charge in [-0.05, 0) is 41.3 Å². The van der Waals surface area contributed by atoms with Crippen molar-refractivity contribution < 1.29 is 13.2 Å². The first-order valence-electron chi connectivity index (χ1n) is 13.0. The van der Waals surface area contributed by atoms with Crippen LogP contribution in [-0.4, -0.2) is 8.42 Å². The molecule has 5 aromatic carbocycles. The summed E-state index contributed by atoms with van der Waals surface area (Å²) in [5.74, 6) is 0. The van der Waals surface area contributed by atoms with Gasteiger partial charge < -0.3 is 4.74 Å². The van der Waals surface area contributed by atoms with Gasteiger partial charge in [0, 0.05) is 11.1 Å². The minimum absolute atomic E-state index is 0.253. The number of rotatable bonds is 5. The molecule has 0 spiro atoms. The van der Waals surface area contributed by atoms with E-state index in [9.17, 15) is 8.42 Å². The maximum absolute atomic E-state index is 14.9. The van der Waals surface area contributed by atoms with Crippen molar-refractivity contribution in [2.45, 2.75) is 23.0 Å². The third-order valence-corrected chi connectivity index (χ3v) is 9.84. The smallest absolute Gasteiger partial charge is 0.206 e. The molecular formula is C35H26O3S. The lowest BCUT2D eigenvalue weighted by atomic mass is 9.70. The Hall–Kier alpha value is -4.25. The van der Waals surface area contributed by atoms with Crippen molar-refractivity contribution in [1.82, 2.24) is 0 Å². The maximum atomic E-state index is 14.9. The summed E-state index contributed by atoms with van der Waals surface area (Å²) in [6.07, 6.45) is 0. The van der Waals surface area contributed by atoms with Crippen molar-refractivity contribution in [3.05, 3.63) is 178 Å². The average Bonchev–Trinajstić information content (AvgIpc) is 3.49. The number of hydrogen-bond donors (Lipinski definition) is 0. The molecule has 7 rings (SSSR count). The van der Waals surface area contributed by atoms with E-state index in [1.54, 1.807) is 12.1 Å². The minimum atomic E-state index is -4.02. The van der Waals surface area contributed by atoms with Gasteiger partial charge >= 0.3 is 0 Å². The van der Waals surface area contributed by atoms with E-state index in [1.807, 2.05) is 128 Å². The fourth-order valence-electron chi connectivity index (χ4n) is 6.28. The number of sulfone groups is 1. The van der Waals surface area contributed by atoms with Crippen LogP contribution in [0, 0.1) is 6.92 Å². The van der Waals surface area contributed by atoms with Gasteiger partial charge in [-0.15, -0.1) is 0 Å². The molecular weight excluding hydrogens is 500 g/mol. The number of benzene rings is 5. The van der Waals surface area contributed by atoms with Gasteiger partial charge in [0.05, 0.1) is 9.80 Å². The topological polar surface area (TPSA) is 43.4 Å². The van der Waals surface area contributed by atoms with Gasteiger partial charge in [-0.1, -0.05) is 133 Å². The number of ether oxygens (including phenoxy) is 1. The van der Waals surface area contributed by atoms with Crippen molar-refractivity contribution >= 4 is 15.4 Å². The molecule has 0 radical (unpaired) electrons. The van der Waals surface area contributed by atoms with Crippen LogP contribution in [0.5, 0.6) is 0 Å². The van der Waals surface area contributed by atoms with Crippen molar-refractivity contribution in [1.29, 1.82) is 0 Å². The van der Waals surface area contributed by atoms with Crippen LogP contribution in [0.2, 0.25) is 0 Å². The van der Waals surface area contributed by atoms with Crippen LogP contribution >= 0.6 is 0 Å². The third-order valence-electron chi connectivity index (χ3n) is 7.91. The molecule has 5 aromatic rings. The van der Waals surface area contributed by atoms with Crippen molar-refractivity contribution in [2.24, 2.45) is 0 Å². The monoisotopic (exact) mass is 526 g/mol. The van der Waals surface area contributed by atoms with Crippen LogP contribution < -0.4 is 0 Å². The van der Waals surface area contributed by atoms with Crippen LogP contribution in [0.3, 0.4) is 0 Å². The summed E-state index contributed by atoms with van der Waals surface area (Å²) >= 11 is 0. The number of hydrogen-bond acceptors (Lipinski definition) is 3. The molecule has 0 N–H and O–H groups in total. The van der Waals surface area contributed by atoms with Gasteiger partial charge in [0.15, 0.2) is 5.60 Å². The second-order valence-electron chi connectivity index (χ2n) is 10.1.